The van der Waals surface area contributed by atoms with E-state index in [9.17, 15) is 0 Å². The van der Waals surface area contributed by atoms with Crippen LogP contribution >= 0.6 is 0 Å². The van der Waals surface area contributed by atoms with Gasteiger partial charge in [0.1, 0.15) is 0 Å². The summed E-state index contributed by atoms with van der Waals surface area (Å²) in [7, 11) is 0. The molecule has 0 aromatic heterocycles. The highest BCUT2D eigenvalue weighted by Gasteiger charge is 2.07. The summed E-state index contributed by atoms with van der Waals surface area (Å²) in [5, 5.41) is 3.54. The van der Waals surface area contributed by atoms with Crippen LogP contribution in [0.3, 0.4) is 0 Å². The SMILES string of the molecule is CC(CCCCCNC(C)(C)C)c1ccccc1. The van der Waals surface area contributed by atoms with Gasteiger partial charge >= 0.3 is 0 Å². The molecule has 0 heterocycles. The van der Waals surface area contributed by atoms with Crippen molar-refractivity contribution in [2.75, 3.05) is 6.54 Å². The van der Waals surface area contributed by atoms with Gasteiger partial charge < -0.3 is 5.32 Å². The molecule has 0 aliphatic rings. The van der Waals surface area contributed by atoms with Crippen LogP contribution in [0.4, 0.5) is 0 Å². The summed E-state index contributed by atoms with van der Waals surface area (Å²) in [5.74, 6) is 0.696. The molecule has 1 atom stereocenters. The third kappa shape index (κ3) is 6.80. The number of unbranched alkanes of at least 4 members (excludes halogenated alkanes) is 2. The minimum Gasteiger partial charge on any atom is -0.312 e. The van der Waals surface area contributed by atoms with E-state index in [1.807, 2.05) is 0 Å². The number of rotatable bonds is 7. The predicted molar refractivity (Wildman–Crippen MR) is 81.1 cm³/mol. The molecule has 0 amide bonds. The van der Waals surface area contributed by atoms with E-state index in [1.165, 1.54) is 31.2 Å². The van der Waals surface area contributed by atoms with Crippen molar-refractivity contribution in [3.8, 4) is 0 Å². The van der Waals surface area contributed by atoms with Crippen LogP contribution in [0.5, 0.6) is 0 Å². The first-order valence-electron chi connectivity index (χ1n) is 7.29. The minimum absolute atomic E-state index is 0.261. The van der Waals surface area contributed by atoms with Crippen molar-refractivity contribution in [1.82, 2.24) is 5.32 Å². The van der Waals surface area contributed by atoms with Crippen molar-refractivity contribution >= 4 is 0 Å². The van der Waals surface area contributed by atoms with Crippen LogP contribution in [0, 0.1) is 0 Å². The van der Waals surface area contributed by atoms with Gasteiger partial charge in [-0.1, -0.05) is 50.1 Å². The van der Waals surface area contributed by atoms with Crippen molar-refractivity contribution in [1.29, 1.82) is 0 Å². The van der Waals surface area contributed by atoms with E-state index in [-0.39, 0.29) is 5.54 Å². The molecule has 18 heavy (non-hydrogen) atoms. The average molecular weight is 247 g/mol. The van der Waals surface area contributed by atoms with E-state index < -0.39 is 0 Å². The number of hydrogen-bond acceptors (Lipinski definition) is 1. The Morgan fingerprint density at radius 3 is 2.28 bits per heavy atom. The molecule has 0 aliphatic heterocycles. The summed E-state index contributed by atoms with van der Waals surface area (Å²) in [5.41, 5.74) is 1.74. The number of nitrogens with one attached hydrogen (secondary N) is 1. The molecule has 1 unspecified atom stereocenters. The highest BCUT2D eigenvalue weighted by molar-refractivity contribution is 5.18. The lowest BCUT2D eigenvalue weighted by Crippen LogP contribution is -2.36. The Balaban J connectivity index is 2.08. The molecule has 1 aromatic carbocycles. The standard InChI is InChI=1S/C17H29N/c1-15(16-12-8-5-9-13-16)11-7-6-10-14-18-17(2,3)4/h5,8-9,12-13,15,18H,6-7,10-11,14H2,1-4H3. The number of hydrogen-bond donors (Lipinski definition) is 1. The Bertz CT molecular complexity index is 310. The second kappa shape index (κ2) is 7.58. The van der Waals surface area contributed by atoms with Crippen LogP contribution in [0.2, 0.25) is 0 Å². The van der Waals surface area contributed by atoms with Crippen LogP contribution in [0.15, 0.2) is 30.3 Å². The summed E-state index contributed by atoms with van der Waals surface area (Å²) in [6, 6.07) is 10.9. The lowest BCUT2D eigenvalue weighted by molar-refractivity contribution is 0.415. The van der Waals surface area contributed by atoms with Gasteiger partial charge in [-0.2, -0.15) is 0 Å². The molecule has 1 heteroatoms. The fourth-order valence-electron chi connectivity index (χ4n) is 2.16. The van der Waals surface area contributed by atoms with Crippen LogP contribution in [0.25, 0.3) is 0 Å². The Labute approximate surface area is 113 Å². The number of benzene rings is 1. The van der Waals surface area contributed by atoms with E-state index in [0.717, 1.165) is 6.54 Å². The average Bonchev–Trinajstić information content (AvgIpc) is 2.33. The quantitative estimate of drug-likeness (QED) is 0.686. The monoisotopic (exact) mass is 247 g/mol. The fraction of sp³-hybridized carbons (Fsp3) is 0.647. The van der Waals surface area contributed by atoms with Gasteiger partial charge in [0, 0.05) is 5.54 Å². The molecule has 0 fully saturated rings. The van der Waals surface area contributed by atoms with E-state index in [0.29, 0.717) is 5.92 Å². The molecule has 0 radical (unpaired) electrons. The summed E-state index contributed by atoms with van der Waals surface area (Å²) in [6.07, 6.45) is 5.26. The lowest BCUT2D eigenvalue weighted by Gasteiger charge is -2.20. The molecule has 1 nitrogen and oxygen atoms in total. The predicted octanol–water partition coefficient (Wildman–Crippen LogP) is 4.74. The molecule has 0 bridgehead atoms. The Kier molecular flexibility index (Phi) is 6.42. The van der Waals surface area contributed by atoms with Gasteiger partial charge in [0.25, 0.3) is 0 Å². The zero-order valence-electron chi connectivity index (χ0n) is 12.5. The summed E-state index contributed by atoms with van der Waals surface area (Å²) < 4.78 is 0. The normalized spacial score (nSPS) is 13.6. The molecular weight excluding hydrogens is 218 g/mol. The van der Waals surface area contributed by atoms with Gasteiger partial charge in [-0.25, -0.2) is 0 Å². The van der Waals surface area contributed by atoms with E-state index >= 15 is 0 Å². The van der Waals surface area contributed by atoms with Crippen LogP contribution in [-0.4, -0.2) is 12.1 Å². The van der Waals surface area contributed by atoms with Gasteiger partial charge in [0.15, 0.2) is 0 Å². The van der Waals surface area contributed by atoms with Gasteiger partial charge in [-0.3, -0.25) is 0 Å². The second-order valence-electron chi connectivity index (χ2n) is 6.34. The topological polar surface area (TPSA) is 12.0 Å². The highest BCUT2D eigenvalue weighted by atomic mass is 14.9. The van der Waals surface area contributed by atoms with Gasteiger partial charge in [-0.05, 0) is 51.6 Å². The zero-order chi connectivity index (χ0) is 13.4. The molecular formula is C17H29N. The molecule has 1 N–H and O–H groups in total. The van der Waals surface area contributed by atoms with Gasteiger partial charge in [0.2, 0.25) is 0 Å². The molecule has 102 valence electrons. The Morgan fingerprint density at radius 1 is 1.00 bits per heavy atom. The minimum atomic E-state index is 0.261. The fourth-order valence-corrected chi connectivity index (χ4v) is 2.16. The highest BCUT2D eigenvalue weighted by Crippen LogP contribution is 2.21. The van der Waals surface area contributed by atoms with E-state index in [2.05, 4.69) is 63.3 Å². The molecule has 1 aromatic rings. The maximum Gasteiger partial charge on any atom is 0.00965 e. The third-order valence-electron chi connectivity index (χ3n) is 3.34. The largest absolute Gasteiger partial charge is 0.312 e. The summed E-state index contributed by atoms with van der Waals surface area (Å²) in [6.45, 7) is 10.2. The van der Waals surface area contributed by atoms with Crippen LogP contribution < -0.4 is 5.32 Å². The van der Waals surface area contributed by atoms with E-state index in [1.54, 1.807) is 0 Å². The van der Waals surface area contributed by atoms with Crippen LogP contribution in [-0.2, 0) is 0 Å². The van der Waals surface area contributed by atoms with E-state index in [4.69, 9.17) is 0 Å². The first-order valence-corrected chi connectivity index (χ1v) is 7.29. The van der Waals surface area contributed by atoms with Gasteiger partial charge in [-0.15, -0.1) is 0 Å². The summed E-state index contributed by atoms with van der Waals surface area (Å²) in [4.78, 5) is 0. The first kappa shape index (κ1) is 15.2. The van der Waals surface area contributed by atoms with Crippen molar-refractivity contribution in [3.63, 3.8) is 0 Å². The van der Waals surface area contributed by atoms with Crippen molar-refractivity contribution in [2.45, 2.75) is 64.8 Å². The maximum absolute atomic E-state index is 3.54. The lowest BCUT2D eigenvalue weighted by atomic mass is 9.95. The van der Waals surface area contributed by atoms with Crippen molar-refractivity contribution in [2.24, 2.45) is 0 Å². The molecule has 1 rings (SSSR count). The van der Waals surface area contributed by atoms with Crippen molar-refractivity contribution in [3.05, 3.63) is 35.9 Å². The Hall–Kier alpha value is -0.820. The smallest absolute Gasteiger partial charge is 0.00965 e. The maximum atomic E-state index is 3.54. The Morgan fingerprint density at radius 2 is 1.67 bits per heavy atom. The summed E-state index contributed by atoms with van der Waals surface area (Å²) >= 11 is 0. The third-order valence-corrected chi connectivity index (χ3v) is 3.34. The first-order chi connectivity index (χ1) is 8.49. The molecule has 0 saturated heterocycles. The van der Waals surface area contributed by atoms with Gasteiger partial charge in [0.05, 0.1) is 0 Å². The zero-order valence-corrected chi connectivity index (χ0v) is 12.5. The second-order valence-corrected chi connectivity index (χ2v) is 6.34. The van der Waals surface area contributed by atoms with Crippen LogP contribution in [0.1, 0.15) is 64.9 Å². The van der Waals surface area contributed by atoms with Crippen molar-refractivity contribution < 1.29 is 0 Å². The molecule has 0 saturated carbocycles. The molecule has 0 spiro atoms. The molecule has 0 aliphatic carbocycles.